The molecule has 0 aliphatic heterocycles. The van der Waals surface area contributed by atoms with Gasteiger partial charge in [0.1, 0.15) is 5.88 Å². The number of alkyl halides is 30. The molecule has 48 heavy (non-hydrogen) atoms. The van der Waals surface area contributed by atoms with Crippen molar-refractivity contribution >= 4 is 17.6 Å². The molecule has 32 heteroatoms. The second-order valence-corrected chi connectivity index (χ2v) is 8.78. The lowest BCUT2D eigenvalue weighted by atomic mass is 9.84. The first-order valence-electron chi connectivity index (χ1n) is 9.96. The van der Waals surface area contributed by atoms with Gasteiger partial charge in [-0.1, -0.05) is 0 Å². The van der Waals surface area contributed by atoms with E-state index in [2.05, 4.69) is 11.6 Å². The lowest BCUT2D eigenvalue weighted by molar-refractivity contribution is -0.491. The van der Waals surface area contributed by atoms with Gasteiger partial charge in [0, 0.05) is 0 Å². The lowest BCUT2D eigenvalue weighted by Gasteiger charge is -2.46. The predicted octanol–water partition coefficient (Wildman–Crippen LogP) is 9.55. The van der Waals surface area contributed by atoms with Gasteiger partial charge in [0.05, 0.1) is 0 Å². The van der Waals surface area contributed by atoms with Crippen LogP contribution in [0.25, 0.3) is 0 Å². The van der Waals surface area contributed by atoms with Crippen LogP contribution in [0.2, 0.25) is 0 Å². The largest absolute Gasteiger partial charge is 0.473 e. The topological polar surface area (TPSA) is 26.3 Å². The first-order valence-corrected chi connectivity index (χ1v) is 10.5. The molecule has 0 aliphatic carbocycles. The Morgan fingerprint density at radius 1 is 0.333 bits per heavy atom. The van der Waals surface area contributed by atoms with Gasteiger partial charge in [-0.3, -0.25) is 4.79 Å². The molecule has 0 aromatic rings. The van der Waals surface area contributed by atoms with Crippen molar-refractivity contribution in [3.63, 3.8) is 0 Å². The van der Waals surface area contributed by atoms with Gasteiger partial charge >= 0.3 is 89.3 Å². The third-order valence-electron chi connectivity index (χ3n) is 5.41. The molecule has 0 fully saturated rings. The van der Waals surface area contributed by atoms with Gasteiger partial charge in [-0.15, -0.1) is 11.6 Å². The van der Waals surface area contributed by atoms with Crippen molar-refractivity contribution in [2.45, 2.75) is 83.4 Å². The number of carbonyl (C=O) groups excluding carboxylic acids is 1. The fourth-order valence-electron chi connectivity index (χ4n) is 2.57. The normalized spacial score (nSPS) is 16.7. The third-order valence-corrected chi connectivity index (χ3v) is 5.63. The molecule has 0 aromatic carbocycles. The average Bonchev–Trinajstić information content (AvgIpc) is 2.86. The SMILES string of the molecule is O=C(CCl)OC(F)(F)C(F)(F)C(F)(F)C(F)(F)C(F)(F)C(F)(F)C(F)(F)C(F)(F)C(F)(F)C(F)(F)C(F)(F)C(F)(F)C(F)(F)C(F)(F)F. The highest BCUT2D eigenvalue weighted by Crippen LogP contribution is 2.69. The number of ether oxygens (including phenoxy) is 1. The Morgan fingerprint density at radius 2 is 0.500 bits per heavy atom. The maximum Gasteiger partial charge on any atom is 0.473 e. The van der Waals surface area contributed by atoms with Crippen LogP contribution in [0.3, 0.4) is 0 Å². The second kappa shape index (κ2) is 11.4. The van der Waals surface area contributed by atoms with Crippen molar-refractivity contribution in [3.8, 4) is 0 Å². The number of hydrogen-bond donors (Lipinski definition) is 0. The van der Waals surface area contributed by atoms with Crippen LogP contribution in [0.5, 0.6) is 0 Å². The molecule has 0 spiro atoms. The zero-order chi connectivity index (χ0) is 40.0. The summed E-state index contributed by atoms with van der Waals surface area (Å²) in [5, 5.41) is 0. The summed E-state index contributed by atoms with van der Waals surface area (Å²) < 4.78 is 388. The minimum absolute atomic E-state index is 2.03. The molecule has 0 aliphatic rings. The molecule has 0 radical (unpaired) electrons. The number of carbonyl (C=O) groups is 1. The monoisotopic (exact) mass is 812 g/mol. The van der Waals surface area contributed by atoms with E-state index in [9.17, 15) is 132 Å². The van der Waals surface area contributed by atoms with Crippen molar-refractivity contribution in [2.24, 2.45) is 0 Å². The molecule has 0 rings (SSSR count). The Balaban J connectivity index is 7.53. The molecule has 288 valence electrons. The smallest absolute Gasteiger partial charge is 0.395 e. The van der Waals surface area contributed by atoms with E-state index in [0.29, 0.717) is 0 Å². The Kier molecular flexibility index (Phi) is 10.8. The summed E-state index contributed by atoms with van der Waals surface area (Å²) in [6.45, 7) is 0. The van der Waals surface area contributed by atoms with Crippen LogP contribution in [0.4, 0.5) is 127 Å². The molecule has 0 atom stereocenters. The molecule has 0 aromatic heterocycles. The quantitative estimate of drug-likeness (QED) is 0.0994. The third kappa shape index (κ3) is 5.39. The molecular formula is C16H2ClF29O2. The van der Waals surface area contributed by atoms with Crippen molar-refractivity contribution < 1.29 is 137 Å². The van der Waals surface area contributed by atoms with Crippen molar-refractivity contribution in [1.29, 1.82) is 0 Å². The molecule has 0 heterocycles. The number of hydrogen-bond acceptors (Lipinski definition) is 2. The minimum Gasteiger partial charge on any atom is -0.395 e. The summed E-state index contributed by atoms with van der Waals surface area (Å²) in [6, 6.07) is 0. The van der Waals surface area contributed by atoms with E-state index in [-0.39, 0.29) is 0 Å². The number of rotatable bonds is 14. The van der Waals surface area contributed by atoms with E-state index in [1.807, 2.05) is 4.74 Å². The summed E-state index contributed by atoms with van der Waals surface area (Å²) in [4.78, 5) is 10.5. The van der Waals surface area contributed by atoms with Crippen molar-refractivity contribution in [1.82, 2.24) is 0 Å². The Hall–Kier alpha value is -2.27. The van der Waals surface area contributed by atoms with E-state index in [0.717, 1.165) is 0 Å². The fourth-order valence-corrected chi connectivity index (χ4v) is 2.62. The highest BCUT2D eigenvalue weighted by atomic mass is 35.5. The summed E-state index contributed by atoms with van der Waals surface area (Å²) in [5.74, 6) is -120. The Bertz CT molecular complexity index is 1200. The van der Waals surface area contributed by atoms with Crippen LogP contribution in [0, 0.1) is 0 Å². The average molecular weight is 813 g/mol. The lowest BCUT2D eigenvalue weighted by Crippen LogP contribution is -2.79. The molecular weight excluding hydrogens is 811 g/mol. The maximum atomic E-state index is 13.7. The first-order chi connectivity index (χ1) is 20.2. The van der Waals surface area contributed by atoms with Crippen LogP contribution in [-0.4, -0.2) is 95.2 Å². The van der Waals surface area contributed by atoms with Crippen molar-refractivity contribution in [2.75, 3.05) is 5.88 Å². The van der Waals surface area contributed by atoms with Crippen LogP contribution < -0.4 is 0 Å². The fraction of sp³-hybridized carbons (Fsp3) is 0.938. The highest BCUT2D eigenvalue weighted by molar-refractivity contribution is 6.26. The van der Waals surface area contributed by atoms with E-state index in [1.165, 1.54) is 0 Å². The Labute approximate surface area is 245 Å². The van der Waals surface area contributed by atoms with Crippen LogP contribution in [0.15, 0.2) is 0 Å². The standard InChI is InChI=1S/C16H2ClF29O2/c17-1-2(47)48-16(45,46)14(40,41)12(36,37)10(32,33)8(28,29)6(24,25)4(20,21)3(18,19)5(22,23)7(26,27)9(30,31)11(34,35)13(38,39)15(42,43)44/h1H2. The zero-order valence-corrected chi connectivity index (χ0v) is 21.1. The Morgan fingerprint density at radius 3 is 0.667 bits per heavy atom. The highest BCUT2D eigenvalue weighted by Gasteiger charge is 3.01. The van der Waals surface area contributed by atoms with E-state index >= 15 is 0 Å². The number of esters is 1. The van der Waals surface area contributed by atoms with Gasteiger partial charge in [-0.25, -0.2) is 0 Å². The van der Waals surface area contributed by atoms with Gasteiger partial charge in [0.15, 0.2) is 0 Å². The van der Waals surface area contributed by atoms with Gasteiger partial charge < -0.3 is 4.74 Å². The van der Waals surface area contributed by atoms with Crippen LogP contribution in [-0.2, 0) is 9.53 Å². The van der Waals surface area contributed by atoms with E-state index < -0.39 is 95.2 Å². The van der Waals surface area contributed by atoms with Gasteiger partial charge in [0.2, 0.25) is 0 Å². The minimum atomic E-state index is -9.99. The zero-order valence-electron chi connectivity index (χ0n) is 20.4. The molecule has 0 saturated carbocycles. The van der Waals surface area contributed by atoms with E-state index in [1.54, 1.807) is 0 Å². The van der Waals surface area contributed by atoms with Gasteiger partial charge in [-0.05, 0) is 0 Å². The van der Waals surface area contributed by atoms with Crippen LogP contribution >= 0.6 is 11.6 Å². The van der Waals surface area contributed by atoms with Crippen LogP contribution in [0.1, 0.15) is 0 Å². The molecule has 0 amide bonds. The summed E-state index contributed by atoms with van der Waals surface area (Å²) in [7, 11) is 0. The molecule has 0 unspecified atom stereocenters. The van der Waals surface area contributed by atoms with E-state index in [4.69, 9.17) is 0 Å². The molecule has 0 N–H and O–H groups in total. The molecule has 2 nitrogen and oxygen atoms in total. The van der Waals surface area contributed by atoms with Gasteiger partial charge in [0.25, 0.3) is 0 Å². The molecule has 0 bridgehead atoms. The maximum absolute atomic E-state index is 13.7. The first kappa shape index (κ1) is 45.7. The van der Waals surface area contributed by atoms with Gasteiger partial charge in [-0.2, -0.15) is 127 Å². The summed E-state index contributed by atoms with van der Waals surface area (Å²) in [6.07, 6.45) is -16.0. The second-order valence-electron chi connectivity index (χ2n) is 8.51. The van der Waals surface area contributed by atoms with Crippen molar-refractivity contribution in [3.05, 3.63) is 0 Å². The molecule has 0 saturated heterocycles. The summed E-state index contributed by atoms with van der Waals surface area (Å²) >= 11 is 4.35. The summed E-state index contributed by atoms with van der Waals surface area (Å²) in [5.41, 5.74) is 0. The predicted molar refractivity (Wildman–Crippen MR) is 87.2 cm³/mol. The number of halogens is 30.